The van der Waals surface area contributed by atoms with Gasteiger partial charge in [0.05, 0.1) is 6.61 Å². The van der Waals surface area contributed by atoms with Gasteiger partial charge in [-0.15, -0.1) is 0 Å². The van der Waals surface area contributed by atoms with Crippen molar-refractivity contribution in [1.82, 2.24) is 5.32 Å². The summed E-state index contributed by atoms with van der Waals surface area (Å²) in [6, 6.07) is 6.17. The Morgan fingerprint density at radius 3 is 2.30 bits per heavy atom. The third kappa shape index (κ3) is 13.4. The third-order valence-corrected chi connectivity index (χ3v) is 2.94. The fourth-order valence-corrected chi connectivity index (χ4v) is 1.73. The molecule has 0 amide bonds. The van der Waals surface area contributed by atoms with Gasteiger partial charge < -0.3 is 36.0 Å². The van der Waals surface area contributed by atoms with E-state index in [2.05, 4.69) is 5.32 Å². The minimum Gasteiger partial charge on any atom is -0.490 e. The van der Waals surface area contributed by atoms with Crippen molar-refractivity contribution in [2.24, 2.45) is 0 Å². The molecule has 0 heterocycles. The molecule has 1 aromatic carbocycles. The van der Waals surface area contributed by atoms with E-state index in [4.69, 9.17) is 29.6 Å². The van der Waals surface area contributed by atoms with E-state index in [9.17, 15) is 5.11 Å². The van der Waals surface area contributed by atoms with Crippen molar-refractivity contribution < 1.29 is 40.2 Å². The molecule has 0 aliphatic rings. The Bertz CT molecular complexity index is 589. The first kappa shape index (κ1) is 26.8. The number of carboxylic acid groups (broad SMARTS) is 2. The summed E-state index contributed by atoms with van der Waals surface area (Å²) >= 11 is 0. The van der Waals surface area contributed by atoms with Crippen LogP contribution in [0.4, 0.5) is 0 Å². The molecule has 0 aromatic heterocycles. The highest BCUT2D eigenvalue weighted by molar-refractivity contribution is 6.27. The minimum atomic E-state index is -1.82. The van der Waals surface area contributed by atoms with Crippen molar-refractivity contribution in [2.75, 3.05) is 19.8 Å². The first-order chi connectivity index (χ1) is 12.2. The SMILES string of the molecule is Cc1ccc(OCC(O)CNC(C)C)c(/C=C\CO)c1.O.O=C(O)C(=O)O. The van der Waals surface area contributed by atoms with Crippen LogP contribution in [0.3, 0.4) is 0 Å². The lowest BCUT2D eigenvalue weighted by Gasteiger charge is -2.16. The lowest BCUT2D eigenvalue weighted by Crippen LogP contribution is -2.35. The van der Waals surface area contributed by atoms with Crippen LogP contribution in [0.25, 0.3) is 6.08 Å². The summed E-state index contributed by atoms with van der Waals surface area (Å²) in [7, 11) is 0. The standard InChI is InChI=1S/C16H25NO3.C2H2O4.H2O/c1-12(2)17-10-15(19)11-20-16-7-6-13(3)9-14(16)5-4-8-18;3-1(4)2(5)6;/h4-7,9,12,15,17-19H,8,10-11H2,1-3H3;(H,3,4)(H,5,6);1H2/b5-4-;;. The predicted molar refractivity (Wildman–Crippen MR) is 101 cm³/mol. The van der Waals surface area contributed by atoms with E-state index in [0.29, 0.717) is 18.3 Å². The van der Waals surface area contributed by atoms with E-state index in [1.165, 1.54) is 0 Å². The largest absolute Gasteiger partial charge is 0.490 e. The number of nitrogens with one attached hydrogen (secondary N) is 1. The average molecular weight is 387 g/mol. The molecule has 0 aliphatic carbocycles. The van der Waals surface area contributed by atoms with E-state index < -0.39 is 18.0 Å². The molecule has 1 rings (SSSR count). The molecule has 7 N–H and O–H groups in total. The molecule has 0 saturated carbocycles. The number of aliphatic hydroxyl groups is 2. The maximum Gasteiger partial charge on any atom is 0.414 e. The van der Waals surface area contributed by atoms with Gasteiger partial charge >= 0.3 is 11.9 Å². The number of carboxylic acids is 2. The van der Waals surface area contributed by atoms with Crippen LogP contribution in [0.15, 0.2) is 24.3 Å². The molecule has 1 unspecified atom stereocenters. The van der Waals surface area contributed by atoms with Crippen molar-refractivity contribution in [3.8, 4) is 5.75 Å². The van der Waals surface area contributed by atoms with Gasteiger partial charge in [-0.2, -0.15) is 0 Å². The first-order valence-electron chi connectivity index (χ1n) is 8.05. The number of carbonyl (C=O) groups is 2. The molecule has 1 atom stereocenters. The molecule has 0 aliphatic heterocycles. The second-order valence-electron chi connectivity index (χ2n) is 5.76. The summed E-state index contributed by atoms with van der Waals surface area (Å²) in [6.07, 6.45) is 2.94. The Balaban J connectivity index is 0. The fraction of sp³-hybridized carbons (Fsp3) is 0.444. The van der Waals surface area contributed by atoms with Crippen molar-refractivity contribution in [3.05, 3.63) is 35.4 Å². The molecular weight excluding hydrogens is 358 g/mol. The molecule has 9 nitrogen and oxygen atoms in total. The molecule has 0 spiro atoms. The van der Waals surface area contributed by atoms with E-state index in [1.54, 1.807) is 6.08 Å². The molecule has 27 heavy (non-hydrogen) atoms. The summed E-state index contributed by atoms with van der Waals surface area (Å²) in [6.45, 7) is 6.81. The van der Waals surface area contributed by atoms with Crippen molar-refractivity contribution in [1.29, 1.82) is 0 Å². The number of aryl methyl sites for hydroxylation is 1. The van der Waals surface area contributed by atoms with E-state index in [1.807, 2.05) is 45.0 Å². The zero-order valence-electron chi connectivity index (χ0n) is 15.7. The van der Waals surface area contributed by atoms with Crippen molar-refractivity contribution in [2.45, 2.75) is 32.9 Å². The summed E-state index contributed by atoms with van der Waals surface area (Å²) < 4.78 is 5.66. The third-order valence-electron chi connectivity index (χ3n) is 2.94. The summed E-state index contributed by atoms with van der Waals surface area (Å²) in [5, 5.41) is 36.6. The van der Waals surface area contributed by atoms with E-state index in [0.717, 1.165) is 11.1 Å². The van der Waals surface area contributed by atoms with Crippen LogP contribution in [0.2, 0.25) is 0 Å². The van der Waals surface area contributed by atoms with Gasteiger partial charge in [0.2, 0.25) is 0 Å². The van der Waals surface area contributed by atoms with Crippen LogP contribution in [-0.4, -0.2) is 69.7 Å². The van der Waals surface area contributed by atoms with Gasteiger partial charge in [0.15, 0.2) is 0 Å². The number of benzene rings is 1. The number of hydrogen-bond acceptors (Lipinski definition) is 6. The van der Waals surface area contributed by atoms with Crippen molar-refractivity contribution in [3.63, 3.8) is 0 Å². The number of rotatable bonds is 8. The highest BCUT2D eigenvalue weighted by Gasteiger charge is 2.08. The molecule has 0 bridgehead atoms. The Labute approximate surface area is 158 Å². The Morgan fingerprint density at radius 2 is 1.81 bits per heavy atom. The molecule has 0 fully saturated rings. The van der Waals surface area contributed by atoms with Gasteiger partial charge in [-0.3, -0.25) is 0 Å². The van der Waals surface area contributed by atoms with Gasteiger partial charge in [0, 0.05) is 18.2 Å². The number of aliphatic hydroxyl groups excluding tert-OH is 2. The topological polar surface area (TPSA) is 168 Å². The van der Waals surface area contributed by atoms with Crippen molar-refractivity contribution >= 4 is 18.0 Å². The molecule has 154 valence electrons. The normalized spacial score (nSPS) is 11.3. The predicted octanol–water partition coefficient (Wildman–Crippen LogP) is 0.0691. The van der Waals surface area contributed by atoms with Crippen LogP contribution in [0, 0.1) is 6.92 Å². The maximum absolute atomic E-state index is 9.84. The second kappa shape index (κ2) is 14.7. The summed E-state index contributed by atoms with van der Waals surface area (Å²) in [5.74, 6) is -2.94. The molecule has 0 saturated heterocycles. The number of aliphatic carboxylic acids is 2. The Kier molecular flexibility index (Phi) is 14.6. The lowest BCUT2D eigenvalue weighted by molar-refractivity contribution is -0.159. The van der Waals surface area contributed by atoms with Gasteiger partial charge in [-0.25, -0.2) is 9.59 Å². The minimum absolute atomic E-state index is 0. The molecule has 1 aromatic rings. The number of hydrogen-bond donors (Lipinski definition) is 5. The molecular formula is C18H29NO8. The van der Waals surface area contributed by atoms with Crippen LogP contribution < -0.4 is 10.1 Å². The van der Waals surface area contributed by atoms with Crippen LogP contribution in [-0.2, 0) is 9.59 Å². The van der Waals surface area contributed by atoms with E-state index in [-0.39, 0.29) is 18.7 Å². The zero-order valence-corrected chi connectivity index (χ0v) is 15.7. The summed E-state index contributed by atoms with van der Waals surface area (Å²) in [4.78, 5) is 18.2. The summed E-state index contributed by atoms with van der Waals surface area (Å²) in [5.41, 5.74) is 2.03. The molecule has 0 radical (unpaired) electrons. The fourth-order valence-electron chi connectivity index (χ4n) is 1.73. The van der Waals surface area contributed by atoms with Crippen LogP contribution in [0.5, 0.6) is 5.75 Å². The van der Waals surface area contributed by atoms with E-state index >= 15 is 0 Å². The van der Waals surface area contributed by atoms with Crippen LogP contribution in [0.1, 0.15) is 25.0 Å². The zero-order chi connectivity index (χ0) is 20.1. The first-order valence-corrected chi connectivity index (χ1v) is 8.05. The quantitative estimate of drug-likeness (QED) is 0.390. The highest BCUT2D eigenvalue weighted by atomic mass is 16.5. The van der Waals surface area contributed by atoms with Gasteiger partial charge in [0.25, 0.3) is 0 Å². The van der Waals surface area contributed by atoms with Gasteiger partial charge in [-0.1, -0.05) is 37.6 Å². The van der Waals surface area contributed by atoms with Gasteiger partial charge in [0.1, 0.15) is 18.5 Å². The monoisotopic (exact) mass is 387 g/mol. The van der Waals surface area contributed by atoms with Gasteiger partial charge in [-0.05, 0) is 19.1 Å². The van der Waals surface area contributed by atoms with Crippen LogP contribution >= 0.6 is 0 Å². The number of ether oxygens (including phenoxy) is 1. The average Bonchev–Trinajstić information content (AvgIpc) is 2.57. The Morgan fingerprint density at radius 1 is 1.22 bits per heavy atom. The maximum atomic E-state index is 9.84. The second-order valence-corrected chi connectivity index (χ2v) is 5.76. The highest BCUT2D eigenvalue weighted by Crippen LogP contribution is 2.21. The lowest BCUT2D eigenvalue weighted by atomic mass is 10.1. The smallest absolute Gasteiger partial charge is 0.414 e. The molecule has 9 heteroatoms. The Hall–Kier alpha value is -2.46.